The normalized spacial score (nSPS) is 12.3. The van der Waals surface area contributed by atoms with E-state index >= 15 is 0 Å². The van der Waals surface area contributed by atoms with Gasteiger partial charge in [-0.3, -0.25) is 0 Å². The lowest BCUT2D eigenvalue weighted by atomic mass is 10.0. The number of carbonyl (C=O) groups is 1. The Morgan fingerprint density at radius 2 is 1.32 bits per heavy atom. The Morgan fingerprint density at radius 1 is 0.700 bits per heavy atom. The van der Waals surface area contributed by atoms with Crippen molar-refractivity contribution < 1.29 is 18.8 Å². The maximum absolute atomic E-state index is 13.0. The molecule has 0 saturated carbocycles. The van der Waals surface area contributed by atoms with Crippen LogP contribution in [0.15, 0.2) is 54.6 Å². The van der Waals surface area contributed by atoms with E-state index in [0.717, 1.165) is 31.6 Å². The van der Waals surface area contributed by atoms with Crippen molar-refractivity contribution >= 4 is 5.97 Å². The van der Waals surface area contributed by atoms with E-state index in [0.29, 0.717) is 24.1 Å². The van der Waals surface area contributed by atoms with E-state index in [4.69, 9.17) is 9.47 Å². The summed E-state index contributed by atoms with van der Waals surface area (Å²) in [6.45, 7) is 6.16. The van der Waals surface area contributed by atoms with E-state index in [1.165, 1.54) is 81.8 Å². The Morgan fingerprint density at radius 3 is 1.98 bits per heavy atom. The number of quaternary nitrogens is 1. The maximum atomic E-state index is 13.0. The highest BCUT2D eigenvalue weighted by Gasteiger charge is 2.35. The van der Waals surface area contributed by atoms with Gasteiger partial charge in [0, 0.05) is 18.4 Å². The molecule has 0 amide bonds. The highest BCUT2D eigenvalue weighted by molar-refractivity contribution is 5.74. The Kier molecular flexibility index (Phi) is 17.4. The standard InChI is InChI=1S/C36H58NO3/c1-5-7-8-9-10-11-12-13-14-15-17-23-32-26-20-27-34(30-32)39-28-21-29-40-36(38)35(22-6-2)37(3,4)31-33-24-18-16-19-25-33/h16,18-20,24-27,30,35H,5-15,17,21-23,28-29,31H2,1-4H3/q+1. The van der Waals surface area contributed by atoms with Crippen LogP contribution in [0.2, 0.25) is 0 Å². The molecule has 1 unspecified atom stereocenters. The molecule has 0 bridgehead atoms. The molecule has 4 heteroatoms. The molecule has 2 rings (SSSR count). The molecule has 0 saturated heterocycles. The number of likely N-dealkylation sites (N-methyl/N-ethyl adjacent to an activating group) is 1. The van der Waals surface area contributed by atoms with Crippen LogP contribution in [0.25, 0.3) is 0 Å². The number of ether oxygens (including phenoxy) is 2. The van der Waals surface area contributed by atoms with Crippen molar-refractivity contribution in [2.75, 3.05) is 27.3 Å². The van der Waals surface area contributed by atoms with Crippen LogP contribution in [0.3, 0.4) is 0 Å². The Bertz CT molecular complexity index is 911. The lowest BCUT2D eigenvalue weighted by Gasteiger charge is -2.36. The summed E-state index contributed by atoms with van der Waals surface area (Å²) in [4.78, 5) is 13.0. The number of aryl methyl sites for hydroxylation is 1. The van der Waals surface area contributed by atoms with Crippen molar-refractivity contribution in [3.05, 3.63) is 65.7 Å². The van der Waals surface area contributed by atoms with Crippen molar-refractivity contribution in [1.82, 2.24) is 0 Å². The summed E-state index contributed by atoms with van der Waals surface area (Å²) in [6.07, 6.45) is 18.7. The second kappa shape index (κ2) is 20.5. The topological polar surface area (TPSA) is 35.5 Å². The van der Waals surface area contributed by atoms with Gasteiger partial charge in [-0.25, -0.2) is 4.79 Å². The van der Waals surface area contributed by atoms with Crippen LogP contribution in [-0.2, 0) is 22.5 Å². The number of hydrogen-bond acceptors (Lipinski definition) is 3. The summed E-state index contributed by atoms with van der Waals surface area (Å²) in [7, 11) is 4.25. The Balaban J connectivity index is 1.61. The number of rotatable bonds is 23. The van der Waals surface area contributed by atoms with Crippen molar-refractivity contribution in [2.45, 2.75) is 123 Å². The smallest absolute Gasteiger partial charge is 0.364 e. The van der Waals surface area contributed by atoms with E-state index in [2.05, 4.69) is 70.4 Å². The summed E-state index contributed by atoms with van der Waals surface area (Å²) in [5.74, 6) is 0.813. The van der Waals surface area contributed by atoms with Crippen LogP contribution in [-0.4, -0.2) is 43.8 Å². The zero-order valence-electron chi connectivity index (χ0n) is 26.2. The average Bonchev–Trinajstić information content (AvgIpc) is 2.95. The van der Waals surface area contributed by atoms with Gasteiger partial charge in [-0.05, 0) is 37.0 Å². The number of benzene rings is 2. The molecule has 2 aromatic rings. The van der Waals surface area contributed by atoms with Crippen LogP contribution in [0.5, 0.6) is 5.75 Å². The molecule has 0 aliphatic rings. The van der Waals surface area contributed by atoms with E-state index in [1.807, 2.05) is 12.1 Å². The van der Waals surface area contributed by atoms with Gasteiger partial charge < -0.3 is 14.0 Å². The molecule has 4 nitrogen and oxygen atoms in total. The first-order valence-electron chi connectivity index (χ1n) is 16.2. The second-order valence-corrected chi connectivity index (χ2v) is 12.0. The predicted octanol–water partition coefficient (Wildman–Crippen LogP) is 9.30. The fourth-order valence-electron chi connectivity index (χ4n) is 5.49. The molecule has 0 heterocycles. The van der Waals surface area contributed by atoms with Crippen LogP contribution in [0.4, 0.5) is 0 Å². The number of hydrogen-bond donors (Lipinski definition) is 0. The predicted molar refractivity (Wildman–Crippen MR) is 169 cm³/mol. The fraction of sp³-hybridized carbons (Fsp3) is 0.639. The lowest BCUT2D eigenvalue weighted by Crippen LogP contribution is -2.52. The first kappa shape index (κ1) is 33.9. The van der Waals surface area contributed by atoms with E-state index in [-0.39, 0.29) is 12.0 Å². The van der Waals surface area contributed by atoms with Gasteiger partial charge in [0.05, 0.1) is 27.3 Å². The highest BCUT2D eigenvalue weighted by atomic mass is 16.5. The van der Waals surface area contributed by atoms with Gasteiger partial charge in [0.25, 0.3) is 0 Å². The van der Waals surface area contributed by atoms with Crippen molar-refractivity contribution in [3.8, 4) is 5.75 Å². The summed E-state index contributed by atoms with van der Waals surface area (Å²) < 4.78 is 12.3. The van der Waals surface area contributed by atoms with Crippen molar-refractivity contribution in [1.29, 1.82) is 0 Å². The molecule has 0 aliphatic heterocycles. The van der Waals surface area contributed by atoms with Gasteiger partial charge in [-0.2, -0.15) is 0 Å². The molecular formula is C36H58NO3+. The molecule has 224 valence electrons. The number of esters is 1. The fourth-order valence-corrected chi connectivity index (χ4v) is 5.49. The monoisotopic (exact) mass is 552 g/mol. The van der Waals surface area contributed by atoms with Crippen LogP contribution < -0.4 is 4.74 Å². The van der Waals surface area contributed by atoms with E-state index in [1.54, 1.807) is 0 Å². The number of carbonyl (C=O) groups excluding carboxylic acids is 1. The van der Waals surface area contributed by atoms with Gasteiger partial charge in [0.2, 0.25) is 0 Å². The molecular weight excluding hydrogens is 494 g/mol. The zero-order valence-corrected chi connectivity index (χ0v) is 26.2. The third kappa shape index (κ3) is 14.3. The van der Waals surface area contributed by atoms with Crippen molar-refractivity contribution in [3.63, 3.8) is 0 Å². The van der Waals surface area contributed by atoms with Gasteiger partial charge in [-0.15, -0.1) is 0 Å². The van der Waals surface area contributed by atoms with E-state index in [9.17, 15) is 4.79 Å². The summed E-state index contributed by atoms with van der Waals surface area (Å²) in [6, 6.07) is 18.7. The largest absolute Gasteiger partial charge is 0.493 e. The molecule has 0 radical (unpaired) electrons. The summed E-state index contributed by atoms with van der Waals surface area (Å²) >= 11 is 0. The van der Waals surface area contributed by atoms with Crippen LogP contribution >= 0.6 is 0 Å². The maximum Gasteiger partial charge on any atom is 0.364 e. The zero-order chi connectivity index (χ0) is 28.9. The molecule has 0 aliphatic carbocycles. The molecule has 1 atom stereocenters. The third-order valence-corrected chi connectivity index (χ3v) is 7.88. The molecule has 0 N–H and O–H groups in total. The van der Waals surface area contributed by atoms with Gasteiger partial charge in [0.1, 0.15) is 12.3 Å². The first-order chi connectivity index (χ1) is 19.5. The second-order valence-electron chi connectivity index (χ2n) is 12.0. The number of nitrogens with zero attached hydrogens (tertiary/aromatic N) is 1. The molecule has 0 fully saturated rings. The lowest BCUT2D eigenvalue weighted by molar-refractivity contribution is -0.920. The molecule has 2 aromatic carbocycles. The first-order valence-corrected chi connectivity index (χ1v) is 16.2. The quantitative estimate of drug-likeness (QED) is 0.0783. The summed E-state index contributed by atoms with van der Waals surface area (Å²) in [5, 5.41) is 0. The molecule has 0 spiro atoms. The Labute approximate surface area is 246 Å². The minimum atomic E-state index is -0.168. The molecule has 40 heavy (non-hydrogen) atoms. The molecule has 0 aromatic heterocycles. The Hall–Kier alpha value is -2.33. The van der Waals surface area contributed by atoms with Crippen molar-refractivity contribution in [2.24, 2.45) is 0 Å². The summed E-state index contributed by atoms with van der Waals surface area (Å²) in [5.41, 5.74) is 2.58. The van der Waals surface area contributed by atoms with Crippen LogP contribution in [0.1, 0.15) is 115 Å². The van der Waals surface area contributed by atoms with Crippen LogP contribution in [0, 0.1) is 0 Å². The van der Waals surface area contributed by atoms with Gasteiger partial charge in [0.15, 0.2) is 6.04 Å². The van der Waals surface area contributed by atoms with Gasteiger partial charge >= 0.3 is 5.97 Å². The van der Waals surface area contributed by atoms with Gasteiger partial charge in [-0.1, -0.05) is 121 Å². The average molecular weight is 553 g/mol. The third-order valence-electron chi connectivity index (χ3n) is 7.88. The minimum absolute atomic E-state index is 0.100. The SMILES string of the molecule is CCCCCCCCCCCCCc1cccc(OCCCOC(=O)C(CCC)[N+](C)(C)Cc2ccccc2)c1. The highest BCUT2D eigenvalue weighted by Crippen LogP contribution is 2.20. The number of unbranched alkanes of at least 4 members (excludes halogenated alkanes) is 10. The van der Waals surface area contributed by atoms with E-state index < -0.39 is 0 Å². The minimum Gasteiger partial charge on any atom is -0.493 e.